The zero-order valence-corrected chi connectivity index (χ0v) is 47.1. The van der Waals surface area contributed by atoms with Crippen molar-refractivity contribution < 1.29 is 61.9 Å². The van der Waals surface area contributed by atoms with Gasteiger partial charge in [-0.3, -0.25) is 29.0 Å². The number of ketones is 2. The van der Waals surface area contributed by atoms with Gasteiger partial charge in [-0.2, -0.15) is 0 Å². The molecule has 2 aromatic carbocycles. The fourth-order valence-corrected chi connectivity index (χ4v) is 12.8. The number of aromatic hydroxyl groups is 1. The molecule has 5 bridgehead atoms. The Labute approximate surface area is 457 Å². The third-order valence-electron chi connectivity index (χ3n) is 16.6. The van der Waals surface area contributed by atoms with E-state index in [-0.39, 0.29) is 68.7 Å². The maximum absolute atomic E-state index is 14.9. The van der Waals surface area contributed by atoms with Crippen molar-refractivity contribution in [1.29, 1.82) is 0 Å². The molecule has 422 valence electrons. The number of Topliss-reactive ketones (excluding diaryl/α,β-unsaturated/α-hetero) is 2. The molecular formula is C58H76N6O13S. The highest BCUT2D eigenvalue weighted by Gasteiger charge is 2.54. The van der Waals surface area contributed by atoms with Gasteiger partial charge in [-0.15, -0.1) is 0 Å². The number of hydrogen-bond donors (Lipinski definition) is 6. The van der Waals surface area contributed by atoms with Crippen LogP contribution >= 0.6 is 0 Å². The lowest BCUT2D eigenvalue weighted by molar-refractivity contribution is -0.163. The number of ether oxygens (including phenoxy) is 3. The summed E-state index contributed by atoms with van der Waals surface area (Å²) in [5.41, 5.74) is -0.431. The van der Waals surface area contributed by atoms with E-state index in [1.54, 1.807) is 71.0 Å². The number of nitrogens with one attached hydrogen (secondary N) is 3. The summed E-state index contributed by atoms with van der Waals surface area (Å²) >= 11 is 0. The van der Waals surface area contributed by atoms with Crippen LogP contribution < -0.4 is 20.1 Å². The summed E-state index contributed by atoms with van der Waals surface area (Å²) in [5.74, 6) is -8.58. The van der Waals surface area contributed by atoms with Gasteiger partial charge in [0.15, 0.2) is 0 Å². The third kappa shape index (κ3) is 11.6. The first-order chi connectivity index (χ1) is 36.8. The Morgan fingerprint density at radius 3 is 2.21 bits per heavy atom. The number of piperidine rings is 2. The van der Waals surface area contributed by atoms with Crippen LogP contribution in [0, 0.1) is 42.4 Å². The van der Waals surface area contributed by atoms with Crippen molar-refractivity contribution in [2.75, 3.05) is 32.7 Å². The van der Waals surface area contributed by atoms with E-state index in [9.17, 15) is 47.7 Å². The van der Waals surface area contributed by atoms with Gasteiger partial charge in [0.1, 0.15) is 35.4 Å². The van der Waals surface area contributed by atoms with Crippen LogP contribution in [0.2, 0.25) is 0 Å². The van der Waals surface area contributed by atoms with Crippen LogP contribution in [0.4, 0.5) is 0 Å². The Balaban J connectivity index is 1.08. The van der Waals surface area contributed by atoms with Gasteiger partial charge < -0.3 is 50.0 Å². The van der Waals surface area contributed by atoms with Crippen LogP contribution in [-0.4, -0.2) is 137 Å². The average molecular weight is 1100 g/mol. The Morgan fingerprint density at radius 2 is 1.55 bits per heavy atom. The number of rotatable bonds is 8. The molecule has 1 spiro atoms. The van der Waals surface area contributed by atoms with Crippen LogP contribution in [-0.2, 0) is 33.9 Å². The first kappa shape index (κ1) is 58.0. The van der Waals surface area contributed by atoms with Gasteiger partial charge >= 0.3 is 11.8 Å². The van der Waals surface area contributed by atoms with Crippen molar-refractivity contribution in [2.45, 2.75) is 142 Å². The number of amides is 2. The minimum Gasteiger partial charge on any atom is -0.507 e. The third-order valence-corrected chi connectivity index (χ3v) is 18.1. The highest BCUT2D eigenvalue weighted by Crippen LogP contribution is 2.50. The van der Waals surface area contributed by atoms with Crippen LogP contribution in [0.15, 0.2) is 87.8 Å². The standard InChI is InChI=1S/C58H76N6O13S/c1-31(2)30-63-26-22-58(23-27-63)60-46-43-44-51(69)38(9)54-45(43)55(71)57(10,77-54)75-28-21-32(3)35(6)53(76-42(66)29-41(65)64-24-19-39(20-25-64)62-78(73,74)40-17-12-11-13-18-40)37(8)50(68)36(7)49(67)33(4)15-14-16-34(5)56(72)59-48(52(44)70)47(46)61-58/h11-18,21,28,31-33,35-37,39,49-50,53,61-62,67-69H,19-20,22-27,29-30H2,1-10H3,(H,59,72)/b15-14+,28-21+,34-16-/t32-,33-,35+,36+,37+,49-,50+,53+,57-/m0/s1. The second-order valence-corrected chi connectivity index (χ2v) is 24.5. The molecule has 0 aromatic heterocycles. The zero-order valence-electron chi connectivity index (χ0n) is 46.3. The van der Waals surface area contributed by atoms with Crippen LogP contribution in [0.3, 0.4) is 0 Å². The predicted molar refractivity (Wildman–Crippen MR) is 290 cm³/mol. The van der Waals surface area contributed by atoms with Crippen LogP contribution in [0.5, 0.6) is 11.5 Å². The van der Waals surface area contributed by atoms with Gasteiger partial charge in [0, 0.05) is 93.0 Å². The summed E-state index contributed by atoms with van der Waals surface area (Å²) < 4.78 is 47.4. The van der Waals surface area contributed by atoms with E-state index in [4.69, 9.17) is 19.2 Å². The maximum Gasteiger partial charge on any atom is 0.315 e. The number of phenols is 1. The Kier molecular flexibility index (Phi) is 17.0. The van der Waals surface area contributed by atoms with Gasteiger partial charge in [0.25, 0.3) is 11.7 Å². The second-order valence-electron chi connectivity index (χ2n) is 22.8. The predicted octanol–water partition coefficient (Wildman–Crippen LogP) is 5.58. The molecule has 2 aromatic rings. The van der Waals surface area contributed by atoms with Gasteiger partial charge in [-0.1, -0.05) is 84.9 Å². The number of aliphatic imine (C=N–C) groups is 1. The molecule has 0 radical (unpaired) electrons. The quantitative estimate of drug-likeness (QED) is 0.139. The molecule has 19 nitrogen and oxygen atoms in total. The first-order valence-electron chi connectivity index (χ1n) is 27.2. The highest BCUT2D eigenvalue weighted by atomic mass is 32.2. The van der Waals surface area contributed by atoms with Crippen molar-refractivity contribution in [3.63, 3.8) is 0 Å². The number of benzene rings is 2. The lowest BCUT2D eigenvalue weighted by Crippen LogP contribution is -2.50. The number of sulfonamides is 1. The van der Waals surface area contributed by atoms with Crippen molar-refractivity contribution >= 4 is 45.1 Å². The average Bonchev–Trinajstić information content (AvgIpc) is 3.66. The summed E-state index contributed by atoms with van der Waals surface area (Å²) in [4.78, 5) is 80.6. The molecule has 2 saturated heterocycles. The number of hydrogen-bond acceptors (Lipinski definition) is 16. The van der Waals surface area contributed by atoms with Crippen molar-refractivity contribution in [2.24, 2.45) is 40.5 Å². The number of aliphatic hydroxyl groups excluding tert-OH is 2. The molecule has 20 heteroatoms. The molecule has 2 fully saturated rings. The number of phenolic OH excluding ortho intramolecular Hbond substituents is 1. The number of esters is 1. The highest BCUT2D eigenvalue weighted by molar-refractivity contribution is 7.89. The van der Waals surface area contributed by atoms with Gasteiger partial charge in [-0.25, -0.2) is 13.1 Å². The van der Waals surface area contributed by atoms with E-state index in [1.807, 2.05) is 6.92 Å². The van der Waals surface area contributed by atoms with E-state index in [2.05, 4.69) is 34.1 Å². The number of likely N-dealkylation sites (tertiary alicyclic amines) is 2. The molecular weight excluding hydrogens is 1020 g/mol. The van der Waals surface area contributed by atoms with Crippen LogP contribution in [0.25, 0.3) is 0 Å². The molecule has 6 aliphatic heterocycles. The number of aliphatic hydroxyl groups is 2. The fraction of sp³-hybridized carbons (Fsp3) is 0.552. The number of carbonyl (C=O) groups excluding carboxylic acids is 5. The molecule has 78 heavy (non-hydrogen) atoms. The van der Waals surface area contributed by atoms with Crippen molar-refractivity contribution in [1.82, 2.24) is 25.2 Å². The normalized spacial score (nSPS) is 30.6. The van der Waals surface area contributed by atoms with Crippen molar-refractivity contribution in [3.05, 3.63) is 100 Å². The fourth-order valence-electron chi connectivity index (χ4n) is 11.5. The summed E-state index contributed by atoms with van der Waals surface area (Å²) in [5, 5.41) is 41.9. The molecule has 0 saturated carbocycles. The molecule has 2 amide bonds. The van der Waals surface area contributed by atoms with Gasteiger partial charge in [0.05, 0.1) is 45.9 Å². The lowest BCUT2D eigenvalue weighted by Gasteiger charge is -2.38. The molecule has 6 heterocycles. The molecule has 1 aliphatic carbocycles. The number of allylic oxidation sites excluding steroid dienone is 5. The minimum absolute atomic E-state index is 0.00612. The summed E-state index contributed by atoms with van der Waals surface area (Å²) in [6.07, 6.45) is 5.50. The summed E-state index contributed by atoms with van der Waals surface area (Å²) in [6.45, 7) is 20.3. The maximum atomic E-state index is 14.9. The Bertz CT molecular complexity index is 2970. The second kappa shape index (κ2) is 22.9. The van der Waals surface area contributed by atoms with E-state index in [0.717, 1.165) is 6.54 Å². The van der Waals surface area contributed by atoms with E-state index < -0.39 is 117 Å². The molecule has 0 unspecified atom stereocenters. The molecule has 9 atom stereocenters. The number of carbonyl (C=O) groups is 5. The van der Waals surface area contributed by atoms with E-state index in [0.29, 0.717) is 44.7 Å². The Morgan fingerprint density at radius 1 is 0.885 bits per heavy atom. The van der Waals surface area contributed by atoms with E-state index >= 15 is 0 Å². The molecule has 6 N–H and O–H groups in total. The van der Waals surface area contributed by atoms with E-state index in [1.165, 1.54) is 43.2 Å². The number of nitrogens with zero attached hydrogens (tertiary/aromatic N) is 3. The summed E-state index contributed by atoms with van der Waals surface area (Å²) in [7, 11) is -3.78. The largest absolute Gasteiger partial charge is 0.507 e. The van der Waals surface area contributed by atoms with Crippen molar-refractivity contribution in [3.8, 4) is 11.5 Å². The molecule has 7 aliphatic rings. The monoisotopic (exact) mass is 1100 g/mol. The SMILES string of the molecule is C/C1=C/C=C/[C@H](C)[C@H](O)[C@@H](C)[C@@H](O)[C@@H](C)[C@H](OC(=O)CC(=O)N2CCC(NS(=O)(=O)c3ccccc3)CC2)[C@H](C)[C@@H](C)/C=C/O[C@@]2(C)Oc3c(C)c(O)c4c(c3C2=O)C2=NC3(CCN(CC(C)C)CC3)NC2=C(NC1=O)C4=O. The molecule has 9 rings (SSSR count). The topological polar surface area (TPSA) is 263 Å². The minimum atomic E-state index is -3.78. The zero-order chi connectivity index (χ0) is 56.8. The first-order valence-corrected chi connectivity index (χ1v) is 28.7. The summed E-state index contributed by atoms with van der Waals surface area (Å²) in [6, 6.07) is 7.59. The smallest absolute Gasteiger partial charge is 0.315 e. The Hall–Kier alpha value is -6.19. The lowest BCUT2D eigenvalue weighted by atomic mass is 9.77. The van der Waals surface area contributed by atoms with Crippen LogP contribution in [0.1, 0.15) is 126 Å². The van der Waals surface area contributed by atoms with Gasteiger partial charge in [0.2, 0.25) is 21.7 Å². The number of fused-ring (bicyclic) bond motifs is 13. The van der Waals surface area contributed by atoms with Gasteiger partial charge in [-0.05, 0) is 62.7 Å².